The van der Waals surface area contributed by atoms with Crippen LogP contribution in [0.2, 0.25) is 0 Å². The fraction of sp³-hybridized carbons (Fsp3) is 0.154. The molecule has 0 aliphatic rings. The first-order valence-corrected chi connectivity index (χ1v) is 5.22. The highest BCUT2D eigenvalue weighted by molar-refractivity contribution is 5.26. The lowest BCUT2D eigenvalue weighted by atomic mass is 10.2. The maximum Gasteiger partial charge on any atom is 0.251 e. The molecule has 0 bridgehead atoms. The van der Waals surface area contributed by atoms with Crippen molar-refractivity contribution in [2.75, 3.05) is 0 Å². The average molecular weight is 225 g/mol. The zero-order chi connectivity index (χ0) is 12.3. The summed E-state index contributed by atoms with van der Waals surface area (Å²) in [4.78, 5) is 15.6. The summed E-state index contributed by atoms with van der Waals surface area (Å²) in [6, 6.07) is 10.6. The third kappa shape index (κ3) is 2.40. The van der Waals surface area contributed by atoms with Crippen molar-refractivity contribution in [1.82, 2.24) is 9.55 Å². The van der Waals surface area contributed by atoms with Crippen LogP contribution in [0.15, 0.2) is 41.3 Å². The molecular formula is C13H11N3O. The summed E-state index contributed by atoms with van der Waals surface area (Å²) in [6.07, 6.45) is 1.58. The van der Waals surface area contributed by atoms with Crippen molar-refractivity contribution < 1.29 is 0 Å². The van der Waals surface area contributed by atoms with E-state index in [4.69, 9.17) is 5.26 Å². The van der Waals surface area contributed by atoms with Crippen LogP contribution in [-0.2, 0) is 6.54 Å². The minimum Gasteiger partial charge on any atom is -0.309 e. The number of nitrogens with zero attached hydrogens (tertiary/aromatic N) is 3. The van der Waals surface area contributed by atoms with Crippen LogP contribution in [0.5, 0.6) is 0 Å². The molecule has 0 unspecified atom stereocenters. The summed E-state index contributed by atoms with van der Waals surface area (Å²) in [5, 5.41) is 8.76. The van der Waals surface area contributed by atoms with Crippen molar-refractivity contribution in [3.63, 3.8) is 0 Å². The van der Waals surface area contributed by atoms with E-state index in [1.807, 2.05) is 19.1 Å². The molecule has 17 heavy (non-hydrogen) atoms. The molecule has 2 aromatic rings. The second-order valence-corrected chi connectivity index (χ2v) is 3.75. The Morgan fingerprint density at radius 2 is 2.24 bits per heavy atom. The van der Waals surface area contributed by atoms with Gasteiger partial charge < -0.3 is 4.57 Å². The third-order valence-electron chi connectivity index (χ3n) is 2.55. The van der Waals surface area contributed by atoms with Gasteiger partial charge in [-0.1, -0.05) is 6.07 Å². The Hall–Kier alpha value is -2.41. The Kier molecular flexibility index (Phi) is 3.01. The van der Waals surface area contributed by atoms with Gasteiger partial charge >= 0.3 is 0 Å². The summed E-state index contributed by atoms with van der Waals surface area (Å²) in [5.41, 5.74) is 2.12. The predicted molar refractivity (Wildman–Crippen MR) is 63.5 cm³/mol. The van der Waals surface area contributed by atoms with Gasteiger partial charge in [-0.15, -0.1) is 0 Å². The smallest absolute Gasteiger partial charge is 0.251 e. The molecule has 84 valence electrons. The molecule has 0 fully saturated rings. The largest absolute Gasteiger partial charge is 0.309 e. The van der Waals surface area contributed by atoms with Crippen molar-refractivity contribution in [1.29, 1.82) is 5.26 Å². The zero-order valence-corrected chi connectivity index (χ0v) is 9.42. The van der Waals surface area contributed by atoms with Crippen LogP contribution >= 0.6 is 0 Å². The van der Waals surface area contributed by atoms with Gasteiger partial charge in [0.15, 0.2) is 0 Å². The van der Waals surface area contributed by atoms with Gasteiger partial charge in [-0.3, -0.25) is 4.79 Å². The molecule has 2 aromatic heterocycles. The van der Waals surface area contributed by atoms with Crippen LogP contribution in [0.4, 0.5) is 0 Å². The first-order chi connectivity index (χ1) is 8.20. The highest BCUT2D eigenvalue weighted by Gasteiger charge is 2.02. The standard InChI is InChI=1S/C13H11N3O/c1-10-3-2-4-13(17)16(10)9-11-5-6-15-12(7-11)8-14/h2-7H,9H2,1H3. The number of hydrogen-bond acceptors (Lipinski definition) is 3. The van der Waals surface area contributed by atoms with Crippen LogP contribution < -0.4 is 5.56 Å². The van der Waals surface area contributed by atoms with E-state index >= 15 is 0 Å². The van der Waals surface area contributed by atoms with Crippen molar-refractivity contribution in [3.8, 4) is 6.07 Å². The Labute approximate surface area is 98.8 Å². The first-order valence-electron chi connectivity index (χ1n) is 5.22. The lowest BCUT2D eigenvalue weighted by Crippen LogP contribution is -2.21. The van der Waals surface area contributed by atoms with E-state index in [9.17, 15) is 4.79 Å². The van der Waals surface area contributed by atoms with Gasteiger partial charge in [-0.25, -0.2) is 4.98 Å². The minimum atomic E-state index is -0.0414. The van der Waals surface area contributed by atoms with E-state index < -0.39 is 0 Å². The van der Waals surface area contributed by atoms with Crippen molar-refractivity contribution >= 4 is 0 Å². The average Bonchev–Trinajstić information content (AvgIpc) is 2.34. The number of pyridine rings is 2. The van der Waals surface area contributed by atoms with Gasteiger partial charge in [0.05, 0.1) is 6.54 Å². The van der Waals surface area contributed by atoms with Crippen molar-refractivity contribution in [2.45, 2.75) is 13.5 Å². The highest BCUT2D eigenvalue weighted by atomic mass is 16.1. The van der Waals surface area contributed by atoms with E-state index in [1.54, 1.807) is 29.0 Å². The fourth-order valence-electron chi connectivity index (χ4n) is 1.64. The molecule has 0 aliphatic heterocycles. The molecule has 0 saturated heterocycles. The lowest BCUT2D eigenvalue weighted by Gasteiger charge is -2.09. The van der Waals surface area contributed by atoms with E-state index in [2.05, 4.69) is 4.98 Å². The summed E-state index contributed by atoms with van der Waals surface area (Å²) in [7, 11) is 0. The Morgan fingerprint density at radius 1 is 1.41 bits per heavy atom. The molecule has 0 saturated carbocycles. The van der Waals surface area contributed by atoms with Crippen LogP contribution in [-0.4, -0.2) is 9.55 Å². The first kappa shape index (κ1) is 11.1. The zero-order valence-electron chi connectivity index (χ0n) is 9.42. The van der Waals surface area contributed by atoms with Gasteiger partial charge in [-0.2, -0.15) is 5.26 Å². The second kappa shape index (κ2) is 4.62. The summed E-state index contributed by atoms with van der Waals surface area (Å²) in [6.45, 7) is 2.34. The minimum absolute atomic E-state index is 0.0414. The molecule has 0 aromatic carbocycles. The summed E-state index contributed by atoms with van der Waals surface area (Å²) < 4.78 is 1.66. The molecule has 0 atom stereocenters. The van der Waals surface area contributed by atoms with Gasteiger partial charge in [0, 0.05) is 18.0 Å². The molecule has 0 radical (unpaired) electrons. The fourth-order valence-corrected chi connectivity index (χ4v) is 1.64. The molecule has 0 spiro atoms. The number of rotatable bonds is 2. The molecule has 4 heteroatoms. The maximum absolute atomic E-state index is 11.7. The molecule has 2 heterocycles. The van der Waals surface area contributed by atoms with Crippen LogP contribution in [0, 0.1) is 18.3 Å². The van der Waals surface area contributed by atoms with Gasteiger partial charge in [-0.05, 0) is 30.7 Å². The monoisotopic (exact) mass is 225 g/mol. The molecule has 0 N–H and O–H groups in total. The van der Waals surface area contributed by atoms with Crippen LogP contribution in [0.25, 0.3) is 0 Å². The van der Waals surface area contributed by atoms with Crippen molar-refractivity contribution in [2.24, 2.45) is 0 Å². The van der Waals surface area contributed by atoms with E-state index in [-0.39, 0.29) is 5.56 Å². The SMILES string of the molecule is Cc1cccc(=O)n1Cc1ccnc(C#N)c1. The summed E-state index contributed by atoms with van der Waals surface area (Å²) >= 11 is 0. The van der Waals surface area contributed by atoms with Crippen LogP contribution in [0.3, 0.4) is 0 Å². The Bertz CT molecular complexity index is 638. The van der Waals surface area contributed by atoms with Crippen molar-refractivity contribution in [3.05, 3.63) is 63.8 Å². The summed E-state index contributed by atoms with van der Waals surface area (Å²) in [5.74, 6) is 0. The third-order valence-corrected chi connectivity index (χ3v) is 2.55. The van der Waals surface area contributed by atoms with Gasteiger partial charge in [0.2, 0.25) is 0 Å². The molecule has 4 nitrogen and oxygen atoms in total. The quantitative estimate of drug-likeness (QED) is 0.777. The topological polar surface area (TPSA) is 58.7 Å². The lowest BCUT2D eigenvalue weighted by molar-refractivity contribution is 0.728. The number of hydrogen-bond donors (Lipinski definition) is 0. The number of aryl methyl sites for hydroxylation is 1. The van der Waals surface area contributed by atoms with E-state index in [0.29, 0.717) is 12.2 Å². The molecular weight excluding hydrogens is 214 g/mol. The van der Waals surface area contributed by atoms with E-state index in [1.165, 1.54) is 6.07 Å². The normalized spacial score (nSPS) is 9.88. The van der Waals surface area contributed by atoms with Crippen LogP contribution in [0.1, 0.15) is 17.0 Å². The van der Waals surface area contributed by atoms with Gasteiger partial charge in [0.1, 0.15) is 11.8 Å². The Balaban J connectivity index is 2.39. The Morgan fingerprint density at radius 3 is 2.94 bits per heavy atom. The highest BCUT2D eigenvalue weighted by Crippen LogP contribution is 2.04. The number of nitriles is 1. The second-order valence-electron chi connectivity index (χ2n) is 3.75. The van der Waals surface area contributed by atoms with Gasteiger partial charge in [0.25, 0.3) is 5.56 Å². The predicted octanol–water partition coefficient (Wildman–Crippen LogP) is 1.47. The molecule has 2 rings (SSSR count). The van der Waals surface area contributed by atoms with E-state index in [0.717, 1.165) is 11.3 Å². The molecule has 0 aliphatic carbocycles. The maximum atomic E-state index is 11.7. The number of aromatic nitrogens is 2. The molecule has 0 amide bonds.